The molecule has 4 nitrogen and oxygen atoms in total. The lowest BCUT2D eigenvalue weighted by molar-refractivity contribution is -0.147. The van der Waals surface area contributed by atoms with Crippen molar-refractivity contribution < 1.29 is 14.3 Å². The molecule has 0 aliphatic heterocycles. The topological polar surface area (TPSA) is 55.7 Å². The minimum absolute atomic E-state index is 0.0313. The van der Waals surface area contributed by atoms with Crippen LogP contribution in [0.4, 0.5) is 0 Å². The van der Waals surface area contributed by atoms with Crippen LogP contribution in [0, 0.1) is 11.3 Å². The van der Waals surface area contributed by atoms with Crippen LogP contribution in [-0.2, 0) is 14.3 Å². The Morgan fingerprint density at radius 3 is 2.47 bits per heavy atom. The smallest absolute Gasteiger partial charge is 0.313 e. The van der Waals surface area contributed by atoms with Crippen LogP contribution in [0.1, 0.15) is 34.1 Å². The first-order chi connectivity index (χ1) is 7.78. The van der Waals surface area contributed by atoms with Crippen molar-refractivity contribution in [1.82, 2.24) is 0 Å². The first-order valence-electron chi connectivity index (χ1n) is 5.63. The molecule has 0 saturated carbocycles. The van der Waals surface area contributed by atoms with Gasteiger partial charge in [-0.05, 0) is 18.8 Å². The zero-order chi connectivity index (χ0) is 13.5. The summed E-state index contributed by atoms with van der Waals surface area (Å²) in [5.74, 6) is -0.594. The van der Waals surface area contributed by atoms with Gasteiger partial charge in [0.1, 0.15) is 6.61 Å². The first-order valence-corrected chi connectivity index (χ1v) is 5.63. The van der Waals surface area contributed by atoms with Gasteiger partial charge in [-0.1, -0.05) is 32.9 Å². The maximum Gasteiger partial charge on any atom is 0.313 e. The molecule has 0 N–H and O–H groups in total. The van der Waals surface area contributed by atoms with E-state index in [1.165, 1.54) is 6.08 Å². The molecule has 0 aliphatic rings. The lowest BCUT2D eigenvalue weighted by Gasteiger charge is -2.24. The van der Waals surface area contributed by atoms with E-state index in [-0.39, 0.29) is 30.5 Å². The highest BCUT2D eigenvalue weighted by atomic mass is 16.5. The molecule has 0 spiro atoms. The number of hydrogen-bond donors (Lipinski definition) is 0. The van der Waals surface area contributed by atoms with Gasteiger partial charge in [-0.3, -0.25) is 4.79 Å². The van der Waals surface area contributed by atoms with Crippen molar-refractivity contribution in [3.05, 3.63) is 12.2 Å². The minimum Gasteiger partial charge on any atom is -0.463 e. The second-order valence-electron chi connectivity index (χ2n) is 5.30. The van der Waals surface area contributed by atoms with Crippen LogP contribution < -0.4 is 0 Å². The van der Waals surface area contributed by atoms with E-state index in [1.54, 1.807) is 0 Å². The molecule has 0 rings (SSSR count). The van der Waals surface area contributed by atoms with Crippen molar-refractivity contribution in [3.63, 3.8) is 0 Å². The van der Waals surface area contributed by atoms with Gasteiger partial charge < -0.3 is 4.74 Å². The van der Waals surface area contributed by atoms with Crippen LogP contribution in [-0.4, -0.2) is 25.2 Å². The number of esters is 1. The fourth-order valence-corrected chi connectivity index (χ4v) is 1.41. The highest BCUT2D eigenvalue weighted by Gasteiger charge is 2.26. The summed E-state index contributed by atoms with van der Waals surface area (Å²) in [6, 6.07) is 0. The average molecular weight is 239 g/mol. The Bertz CT molecular complexity index is 322. The molecule has 0 aromatic carbocycles. The molecular formula is C13H21NO3. The molecule has 4 heteroatoms. The molecular weight excluding hydrogens is 218 g/mol. The maximum absolute atomic E-state index is 11.8. The van der Waals surface area contributed by atoms with Gasteiger partial charge in [-0.2, -0.15) is 0 Å². The molecule has 0 saturated heterocycles. The molecule has 0 bridgehead atoms. The number of carbonyl (C=O) groups is 1. The average Bonchev–Trinajstić information content (AvgIpc) is 2.19. The monoisotopic (exact) mass is 239 g/mol. The summed E-state index contributed by atoms with van der Waals surface area (Å²) in [5.41, 5.74) is 0.827. The number of aliphatic imine (C=N–C) groups is 1. The van der Waals surface area contributed by atoms with Crippen LogP contribution >= 0.6 is 0 Å². The summed E-state index contributed by atoms with van der Waals surface area (Å²) in [6.07, 6.45) is 2.09. The third-order valence-corrected chi connectivity index (χ3v) is 2.21. The second kappa shape index (κ2) is 7.02. The van der Waals surface area contributed by atoms with Crippen LogP contribution in [0.15, 0.2) is 17.1 Å². The molecule has 0 amide bonds. The van der Waals surface area contributed by atoms with Gasteiger partial charge in [0.2, 0.25) is 6.08 Å². The Balaban J connectivity index is 4.35. The van der Waals surface area contributed by atoms with E-state index < -0.39 is 0 Å². The zero-order valence-corrected chi connectivity index (χ0v) is 11.1. The fourth-order valence-electron chi connectivity index (χ4n) is 1.41. The van der Waals surface area contributed by atoms with Gasteiger partial charge in [-0.25, -0.2) is 9.79 Å². The molecule has 0 aliphatic carbocycles. The van der Waals surface area contributed by atoms with E-state index in [0.717, 1.165) is 5.57 Å². The van der Waals surface area contributed by atoms with E-state index >= 15 is 0 Å². The summed E-state index contributed by atoms with van der Waals surface area (Å²) in [7, 11) is 0. The number of hydrogen-bond acceptors (Lipinski definition) is 4. The van der Waals surface area contributed by atoms with E-state index in [4.69, 9.17) is 4.74 Å². The normalized spacial score (nSPS) is 12.5. The Kier molecular flexibility index (Phi) is 6.44. The van der Waals surface area contributed by atoms with E-state index in [1.807, 2.05) is 6.92 Å². The fraction of sp³-hybridized carbons (Fsp3) is 0.692. The lowest BCUT2D eigenvalue weighted by atomic mass is 9.82. The van der Waals surface area contributed by atoms with Crippen molar-refractivity contribution in [3.8, 4) is 0 Å². The SMILES string of the molecule is C=C(C)C(CC(C)(C)C)C(=O)OCCN=C=O. The summed E-state index contributed by atoms with van der Waals surface area (Å²) in [6.45, 7) is 12.1. The Labute approximate surface area is 103 Å². The molecule has 0 heterocycles. The van der Waals surface area contributed by atoms with Crippen molar-refractivity contribution in [2.24, 2.45) is 16.3 Å². The quantitative estimate of drug-likeness (QED) is 0.235. The summed E-state index contributed by atoms with van der Waals surface area (Å²) >= 11 is 0. The second-order valence-corrected chi connectivity index (χ2v) is 5.30. The number of nitrogens with zero attached hydrogens (tertiary/aromatic N) is 1. The Morgan fingerprint density at radius 2 is 2.06 bits per heavy atom. The molecule has 1 unspecified atom stereocenters. The predicted octanol–water partition coefficient (Wildman–Crippen LogP) is 2.49. The molecule has 17 heavy (non-hydrogen) atoms. The summed E-state index contributed by atoms with van der Waals surface area (Å²) in [4.78, 5) is 25.0. The molecule has 0 aromatic rings. The van der Waals surface area contributed by atoms with Crippen molar-refractivity contribution >= 4 is 12.0 Å². The Morgan fingerprint density at radius 1 is 1.47 bits per heavy atom. The first kappa shape index (κ1) is 15.6. The standard InChI is InChI=1S/C13H21NO3/c1-10(2)11(8-13(3,4)5)12(16)17-7-6-14-9-15/h11H,1,6-8H2,2-5H3. The van der Waals surface area contributed by atoms with Crippen LogP contribution in [0.25, 0.3) is 0 Å². The predicted molar refractivity (Wildman–Crippen MR) is 66.3 cm³/mol. The third-order valence-electron chi connectivity index (χ3n) is 2.21. The maximum atomic E-state index is 11.8. The van der Waals surface area contributed by atoms with Crippen molar-refractivity contribution in [2.45, 2.75) is 34.1 Å². The molecule has 0 aromatic heterocycles. The van der Waals surface area contributed by atoms with Crippen LogP contribution in [0.3, 0.4) is 0 Å². The van der Waals surface area contributed by atoms with Gasteiger partial charge >= 0.3 is 5.97 Å². The largest absolute Gasteiger partial charge is 0.463 e. The number of rotatable bonds is 6. The van der Waals surface area contributed by atoms with Gasteiger partial charge in [0.15, 0.2) is 0 Å². The molecule has 0 radical (unpaired) electrons. The lowest BCUT2D eigenvalue weighted by Crippen LogP contribution is -2.24. The van der Waals surface area contributed by atoms with Gasteiger partial charge in [0, 0.05) is 0 Å². The van der Waals surface area contributed by atoms with Crippen LogP contribution in [0.2, 0.25) is 0 Å². The highest BCUT2D eigenvalue weighted by molar-refractivity contribution is 5.75. The van der Waals surface area contributed by atoms with E-state index in [2.05, 4.69) is 32.3 Å². The minimum atomic E-state index is -0.298. The third kappa shape index (κ3) is 7.47. The molecule has 0 fully saturated rings. The number of carbonyl (C=O) groups excluding carboxylic acids is 2. The molecule has 96 valence electrons. The van der Waals surface area contributed by atoms with E-state index in [9.17, 15) is 9.59 Å². The van der Waals surface area contributed by atoms with Crippen LogP contribution in [0.5, 0.6) is 0 Å². The zero-order valence-electron chi connectivity index (χ0n) is 11.1. The van der Waals surface area contributed by atoms with Gasteiger partial charge in [-0.15, -0.1) is 0 Å². The van der Waals surface area contributed by atoms with Gasteiger partial charge in [0.25, 0.3) is 0 Å². The Hall–Kier alpha value is -1.41. The molecule has 1 atom stereocenters. The van der Waals surface area contributed by atoms with Crippen molar-refractivity contribution in [2.75, 3.05) is 13.2 Å². The van der Waals surface area contributed by atoms with Gasteiger partial charge in [0.05, 0.1) is 12.5 Å². The van der Waals surface area contributed by atoms with Crippen molar-refractivity contribution in [1.29, 1.82) is 0 Å². The summed E-state index contributed by atoms with van der Waals surface area (Å²) in [5, 5.41) is 0. The number of ether oxygens (including phenoxy) is 1. The summed E-state index contributed by atoms with van der Waals surface area (Å²) < 4.78 is 5.04. The van der Waals surface area contributed by atoms with E-state index in [0.29, 0.717) is 6.42 Å². The highest BCUT2D eigenvalue weighted by Crippen LogP contribution is 2.28. The number of isocyanates is 1.